The molecule has 0 aliphatic heterocycles. The Bertz CT molecular complexity index is 613. The molecule has 0 unspecified atom stereocenters. The van der Waals surface area contributed by atoms with Crippen molar-refractivity contribution in [1.29, 1.82) is 0 Å². The van der Waals surface area contributed by atoms with Crippen LogP contribution in [0.15, 0.2) is 0 Å². The Labute approximate surface area is 142 Å². The highest BCUT2D eigenvalue weighted by atomic mass is 32.2. The number of hydrogen-bond donors (Lipinski definition) is 2. The number of halogens is 13. The van der Waals surface area contributed by atoms with Gasteiger partial charge in [-0.15, -0.1) is 0 Å². The predicted octanol–water partition coefficient (Wildman–Crippen LogP) is 4.90. The number of hydrogen-bond acceptors (Lipinski definition) is 3. The van der Waals surface area contributed by atoms with Crippen LogP contribution in [0.25, 0.3) is 0 Å². The van der Waals surface area contributed by atoms with Crippen LogP contribution in [0.3, 0.4) is 0 Å². The Kier molecular flexibility index (Phi) is 7.74. The lowest BCUT2D eigenvalue weighted by atomic mass is 9.95. The van der Waals surface area contributed by atoms with E-state index in [-0.39, 0.29) is 6.15 Å². The van der Waals surface area contributed by atoms with Crippen molar-refractivity contribution in [3.05, 3.63) is 0 Å². The Morgan fingerprint density at radius 3 is 1.30 bits per heavy atom. The molecule has 166 valence electrons. The number of alkyl halides is 13. The predicted molar refractivity (Wildman–Crippen MR) is 61.2 cm³/mol. The van der Waals surface area contributed by atoms with E-state index in [4.69, 9.17) is 4.55 Å². The van der Waals surface area contributed by atoms with E-state index in [1.165, 1.54) is 0 Å². The summed E-state index contributed by atoms with van der Waals surface area (Å²) >= 11 is 0. The molecule has 0 fully saturated rings. The van der Waals surface area contributed by atoms with Gasteiger partial charge < -0.3 is 6.15 Å². The molecule has 0 aromatic rings. The minimum atomic E-state index is -7.79. The van der Waals surface area contributed by atoms with Crippen LogP contribution < -0.4 is 6.15 Å². The van der Waals surface area contributed by atoms with Crippen LogP contribution in [0.5, 0.6) is 0 Å². The highest BCUT2D eigenvalue weighted by Gasteiger charge is 2.88. The molecule has 0 heterocycles. The van der Waals surface area contributed by atoms with Crippen LogP contribution >= 0.6 is 0 Å². The topological polar surface area (TPSA) is 89.4 Å². The molecule has 0 saturated heterocycles. The van der Waals surface area contributed by atoms with Crippen molar-refractivity contribution in [1.82, 2.24) is 6.15 Å². The fraction of sp³-hybridized carbons (Fsp3) is 1.00. The molecule has 0 amide bonds. The Morgan fingerprint density at radius 1 is 0.630 bits per heavy atom. The van der Waals surface area contributed by atoms with Crippen LogP contribution in [0, 0.1) is 0 Å². The van der Waals surface area contributed by atoms with Crippen LogP contribution in [0.2, 0.25) is 0 Å². The second-order valence-corrected chi connectivity index (χ2v) is 6.35. The molecule has 0 aliphatic carbocycles. The van der Waals surface area contributed by atoms with E-state index in [1.807, 2.05) is 0 Å². The lowest BCUT2D eigenvalue weighted by Crippen LogP contribution is -2.68. The summed E-state index contributed by atoms with van der Waals surface area (Å²) < 4.78 is 193. The van der Waals surface area contributed by atoms with Crippen molar-refractivity contribution in [3.63, 3.8) is 0 Å². The van der Waals surface area contributed by atoms with Crippen molar-refractivity contribution in [2.24, 2.45) is 0 Å². The first-order valence-electron chi connectivity index (χ1n) is 5.88. The van der Waals surface area contributed by atoms with Crippen molar-refractivity contribution in [2.45, 2.75) is 54.4 Å². The second-order valence-electron chi connectivity index (χ2n) is 4.89. The molecular formula is C9H10F13NO3S. The van der Waals surface area contributed by atoms with Crippen molar-refractivity contribution < 1.29 is 70.0 Å². The zero-order valence-corrected chi connectivity index (χ0v) is 13.2. The summed E-state index contributed by atoms with van der Waals surface area (Å²) in [4.78, 5) is 0. The fourth-order valence-electron chi connectivity index (χ4n) is 1.44. The third-order valence-electron chi connectivity index (χ3n) is 2.89. The summed E-state index contributed by atoms with van der Waals surface area (Å²) in [6.07, 6.45) is -12.2. The van der Waals surface area contributed by atoms with E-state index >= 15 is 0 Å². The zero-order chi connectivity index (χ0) is 21.6. The maximum atomic E-state index is 13.1. The fourth-order valence-corrected chi connectivity index (χ4v) is 1.89. The van der Waals surface area contributed by atoms with Gasteiger partial charge in [-0.05, 0) is 6.42 Å². The van der Waals surface area contributed by atoms with E-state index in [1.54, 1.807) is 0 Å². The lowest BCUT2D eigenvalue weighted by Gasteiger charge is -2.38. The molecule has 0 atom stereocenters. The van der Waals surface area contributed by atoms with E-state index in [0.29, 0.717) is 0 Å². The minimum Gasteiger partial charge on any atom is -0.344 e. The Morgan fingerprint density at radius 2 is 1.00 bits per heavy atom. The number of rotatable bonds is 8. The quantitative estimate of drug-likeness (QED) is 0.399. The van der Waals surface area contributed by atoms with Crippen LogP contribution in [-0.4, -0.2) is 48.1 Å². The molecule has 0 aliphatic rings. The highest BCUT2D eigenvalue weighted by molar-refractivity contribution is 7.87. The van der Waals surface area contributed by atoms with Crippen LogP contribution in [0.1, 0.15) is 19.3 Å². The first-order valence-corrected chi connectivity index (χ1v) is 7.32. The smallest absolute Gasteiger partial charge is 0.344 e. The molecule has 0 aromatic carbocycles. The molecule has 0 spiro atoms. The Balaban J connectivity index is 0. The van der Waals surface area contributed by atoms with Gasteiger partial charge in [0.25, 0.3) is 0 Å². The molecule has 0 saturated carbocycles. The lowest BCUT2D eigenvalue weighted by molar-refractivity contribution is -0.390. The maximum absolute atomic E-state index is 13.1. The summed E-state index contributed by atoms with van der Waals surface area (Å²) in [5.41, 5.74) is 0. The Hall–Kier alpha value is -1.04. The summed E-state index contributed by atoms with van der Waals surface area (Å²) in [5.74, 6) is -29.3. The molecule has 27 heavy (non-hydrogen) atoms. The van der Waals surface area contributed by atoms with E-state index in [2.05, 4.69) is 0 Å². The molecule has 4 nitrogen and oxygen atoms in total. The van der Waals surface area contributed by atoms with Gasteiger partial charge in [0.2, 0.25) is 0 Å². The third-order valence-corrected chi connectivity index (χ3v) is 3.79. The third kappa shape index (κ3) is 4.87. The summed E-state index contributed by atoms with van der Waals surface area (Å²) in [6, 6.07) is 0. The summed E-state index contributed by atoms with van der Waals surface area (Å²) in [6.45, 7) is 0. The summed E-state index contributed by atoms with van der Waals surface area (Å²) in [5, 5.41) is -7.32. The average molecular weight is 459 g/mol. The molecule has 18 heteroatoms. The van der Waals surface area contributed by atoms with Gasteiger partial charge in [-0.2, -0.15) is 65.5 Å². The summed E-state index contributed by atoms with van der Waals surface area (Å²) in [7, 11) is -7.48. The van der Waals surface area contributed by atoms with Gasteiger partial charge in [0.05, 0.1) is 0 Å². The highest BCUT2D eigenvalue weighted by Crippen LogP contribution is 2.58. The average Bonchev–Trinajstić information content (AvgIpc) is 2.34. The first-order chi connectivity index (χ1) is 11.0. The van der Waals surface area contributed by atoms with Gasteiger partial charge in [0, 0.05) is 12.8 Å². The van der Waals surface area contributed by atoms with Crippen molar-refractivity contribution in [3.8, 4) is 0 Å². The molecular weight excluding hydrogens is 449 g/mol. The molecule has 0 aromatic heterocycles. The second kappa shape index (κ2) is 7.41. The largest absolute Gasteiger partial charge is 0.438 e. The SMILES string of the molecule is N.O=S(=O)(O)C(F)(F)C(F)(F)C(F)(F)C(F)(F)C(F)(F)CCCC(F)(F)F. The monoisotopic (exact) mass is 459 g/mol. The van der Waals surface area contributed by atoms with Gasteiger partial charge in [0.15, 0.2) is 0 Å². The van der Waals surface area contributed by atoms with E-state index in [0.717, 1.165) is 0 Å². The van der Waals surface area contributed by atoms with Gasteiger partial charge in [-0.3, -0.25) is 4.55 Å². The van der Waals surface area contributed by atoms with Gasteiger partial charge in [-0.1, -0.05) is 0 Å². The maximum Gasteiger partial charge on any atom is 0.438 e. The van der Waals surface area contributed by atoms with E-state index < -0.39 is 64.5 Å². The molecule has 0 bridgehead atoms. The first kappa shape index (κ1) is 28.2. The molecule has 4 N–H and O–H groups in total. The normalized spacial score (nSPS) is 15.5. The standard InChI is InChI=1S/C9H7F13O3S.H3N/c10-4(11,2-1-3-5(12,13)14)6(15,16)7(17,18)8(19,20)9(21,22)26(23,24)25;/h1-3H2,(H,23,24,25);1H3. The molecule has 0 radical (unpaired) electrons. The van der Waals surface area contributed by atoms with Gasteiger partial charge in [0.1, 0.15) is 0 Å². The van der Waals surface area contributed by atoms with Crippen molar-refractivity contribution in [2.75, 3.05) is 0 Å². The van der Waals surface area contributed by atoms with Crippen LogP contribution in [0.4, 0.5) is 57.1 Å². The van der Waals surface area contributed by atoms with Gasteiger partial charge in [-0.25, -0.2) is 0 Å². The molecule has 0 rings (SSSR count). The van der Waals surface area contributed by atoms with E-state index in [9.17, 15) is 65.5 Å². The minimum absolute atomic E-state index is 0. The van der Waals surface area contributed by atoms with Crippen molar-refractivity contribution >= 4 is 10.1 Å². The van der Waals surface area contributed by atoms with Gasteiger partial charge >= 0.3 is 45.2 Å². The zero-order valence-electron chi connectivity index (χ0n) is 12.4. The van der Waals surface area contributed by atoms with Crippen LogP contribution in [-0.2, 0) is 10.1 Å².